The summed E-state index contributed by atoms with van der Waals surface area (Å²) in [7, 11) is 0. The Hall–Kier alpha value is -1.83. The smallest absolute Gasteiger partial charge is 0.263 e. The van der Waals surface area contributed by atoms with Gasteiger partial charge in [-0.1, -0.05) is 48.2 Å². The Bertz CT molecular complexity index is 927. The first kappa shape index (κ1) is 19.9. The van der Waals surface area contributed by atoms with Crippen LogP contribution in [-0.2, 0) is 11.4 Å². The number of thiocarbonyl (C=S) groups is 1. The van der Waals surface area contributed by atoms with Gasteiger partial charge in [-0.25, -0.2) is 0 Å². The molecule has 1 amide bonds. The summed E-state index contributed by atoms with van der Waals surface area (Å²) in [5.41, 5.74) is 3.12. The average molecular weight is 464 g/mol. The highest BCUT2D eigenvalue weighted by Gasteiger charge is 2.22. The fourth-order valence-corrected chi connectivity index (χ4v) is 4.19. The number of carbonyl (C=O) groups excluding carboxylic acids is 1. The number of amides is 1. The molecule has 2 aromatic carbocycles. The van der Waals surface area contributed by atoms with Crippen LogP contribution in [0.25, 0.3) is 6.08 Å². The molecule has 0 spiro atoms. The van der Waals surface area contributed by atoms with E-state index in [0.717, 1.165) is 15.6 Å². The summed E-state index contributed by atoms with van der Waals surface area (Å²) in [6.07, 6.45) is 1.79. The quantitative estimate of drug-likeness (QED) is 0.469. The predicted octanol–water partition coefficient (Wildman–Crippen LogP) is 5.22. The maximum Gasteiger partial charge on any atom is 0.263 e. The number of hydrogen-bond acceptors (Lipinski definition) is 5. The predicted molar refractivity (Wildman–Crippen MR) is 117 cm³/mol. The molecule has 2 aromatic rings. The van der Waals surface area contributed by atoms with Crippen molar-refractivity contribution in [3.05, 3.63) is 62.5 Å². The number of benzene rings is 2. The Labute approximate surface area is 176 Å². The number of ether oxygens (including phenoxy) is 2. The van der Waals surface area contributed by atoms with Gasteiger partial charge in [0.2, 0.25) is 0 Å². The molecule has 0 radical (unpaired) electrons. The van der Waals surface area contributed by atoms with Crippen LogP contribution in [0, 0.1) is 6.92 Å². The van der Waals surface area contributed by atoms with Crippen molar-refractivity contribution in [1.29, 1.82) is 0 Å². The van der Waals surface area contributed by atoms with Crippen LogP contribution in [0.1, 0.15) is 23.6 Å². The van der Waals surface area contributed by atoms with E-state index in [0.29, 0.717) is 33.9 Å². The first-order chi connectivity index (χ1) is 13.0. The van der Waals surface area contributed by atoms with Crippen LogP contribution in [-0.4, -0.2) is 16.8 Å². The molecule has 4 nitrogen and oxygen atoms in total. The van der Waals surface area contributed by atoms with Gasteiger partial charge in [-0.2, -0.15) is 0 Å². The zero-order valence-corrected chi connectivity index (χ0v) is 18.1. The minimum absolute atomic E-state index is 0.182. The lowest BCUT2D eigenvalue weighted by Crippen LogP contribution is -2.17. The van der Waals surface area contributed by atoms with E-state index in [1.165, 1.54) is 17.3 Å². The maximum absolute atomic E-state index is 11.9. The Morgan fingerprint density at radius 3 is 2.70 bits per heavy atom. The van der Waals surface area contributed by atoms with Gasteiger partial charge in [-0.05, 0) is 64.7 Å². The number of rotatable bonds is 6. The molecular formula is C20H18BrNO3S2. The Morgan fingerprint density at radius 2 is 2.04 bits per heavy atom. The second kappa shape index (κ2) is 8.91. The summed E-state index contributed by atoms with van der Waals surface area (Å²) < 4.78 is 13.1. The molecule has 0 aliphatic carbocycles. The molecule has 1 aliphatic heterocycles. The molecule has 7 heteroatoms. The number of halogens is 1. The first-order valence-electron chi connectivity index (χ1n) is 8.36. The number of nitrogens with one attached hydrogen (secondary N) is 1. The zero-order valence-electron chi connectivity index (χ0n) is 14.9. The summed E-state index contributed by atoms with van der Waals surface area (Å²) in [5, 5.41) is 2.62. The standard InChI is InChI=1S/C20H18BrNO3S2/c1-3-24-16-9-13(10-17-19(23)22-20(26)27-17)8-15(21)18(16)25-11-14-7-5-4-6-12(14)2/h4-10H,3,11H2,1-2H3,(H,22,23,26). The van der Waals surface area contributed by atoms with E-state index in [-0.39, 0.29) is 5.91 Å². The van der Waals surface area contributed by atoms with Gasteiger partial charge in [0.1, 0.15) is 10.9 Å². The molecule has 1 N–H and O–H groups in total. The molecule has 1 saturated heterocycles. The molecule has 0 bridgehead atoms. The van der Waals surface area contributed by atoms with Crippen LogP contribution in [0.15, 0.2) is 45.8 Å². The zero-order chi connectivity index (χ0) is 19.4. The minimum Gasteiger partial charge on any atom is -0.490 e. The Kier molecular flexibility index (Phi) is 6.57. The lowest BCUT2D eigenvalue weighted by Gasteiger charge is -2.15. The van der Waals surface area contributed by atoms with Crippen LogP contribution in [0.4, 0.5) is 0 Å². The number of aryl methyl sites for hydroxylation is 1. The van der Waals surface area contributed by atoms with E-state index in [2.05, 4.69) is 34.2 Å². The molecular weight excluding hydrogens is 446 g/mol. The van der Waals surface area contributed by atoms with Crippen LogP contribution in [0.2, 0.25) is 0 Å². The second-order valence-electron chi connectivity index (χ2n) is 5.83. The van der Waals surface area contributed by atoms with Crippen molar-refractivity contribution in [2.24, 2.45) is 0 Å². The van der Waals surface area contributed by atoms with Crippen molar-refractivity contribution in [2.75, 3.05) is 6.61 Å². The summed E-state index contributed by atoms with van der Waals surface area (Å²) in [4.78, 5) is 12.4. The summed E-state index contributed by atoms with van der Waals surface area (Å²) in [6.45, 7) is 4.93. The van der Waals surface area contributed by atoms with Crippen LogP contribution < -0.4 is 14.8 Å². The molecule has 140 valence electrons. The van der Waals surface area contributed by atoms with Gasteiger partial charge in [0, 0.05) is 0 Å². The monoisotopic (exact) mass is 463 g/mol. The molecule has 0 unspecified atom stereocenters. The highest BCUT2D eigenvalue weighted by molar-refractivity contribution is 9.10. The fourth-order valence-electron chi connectivity index (χ4n) is 2.57. The van der Waals surface area contributed by atoms with Crippen molar-refractivity contribution in [3.8, 4) is 11.5 Å². The Balaban J connectivity index is 1.88. The normalized spacial score (nSPS) is 15.1. The van der Waals surface area contributed by atoms with Gasteiger partial charge in [-0.15, -0.1) is 0 Å². The van der Waals surface area contributed by atoms with E-state index < -0.39 is 0 Å². The van der Waals surface area contributed by atoms with Crippen LogP contribution in [0.3, 0.4) is 0 Å². The van der Waals surface area contributed by atoms with Gasteiger partial charge in [0.25, 0.3) is 5.91 Å². The van der Waals surface area contributed by atoms with Gasteiger partial charge < -0.3 is 14.8 Å². The molecule has 0 aromatic heterocycles. The van der Waals surface area contributed by atoms with Crippen molar-refractivity contribution < 1.29 is 14.3 Å². The third-order valence-corrected chi connectivity index (χ3v) is 5.66. The van der Waals surface area contributed by atoms with Crippen molar-refractivity contribution in [2.45, 2.75) is 20.5 Å². The molecule has 3 rings (SSSR count). The summed E-state index contributed by atoms with van der Waals surface area (Å²) in [6, 6.07) is 11.9. The highest BCUT2D eigenvalue weighted by atomic mass is 79.9. The van der Waals surface area contributed by atoms with E-state index in [4.69, 9.17) is 21.7 Å². The van der Waals surface area contributed by atoms with Crippen molar-refractivity contribution in [3.63, 3.8) is 0 Å². The minimum atomic E-state index is -0.182. The average Bonchev–Trinajstić information content (AvgIpc) is 2.93. The van der Waals surface area contributed by atoms with E-state index in [9.17, 15) is 4.79 Å². The van der Waals surface area contributed by atoms with Gasteiger partial charge >= 0.3 is 0 Å². The van der Waals surface area contributed by atoms with Crippen molar-refractivity contribution in [1.82, 2.24) is 5.32 Å². The molecule has 0 atom stereocenters. The number of thioether (sulfide) groups is 1. The second-order valence-corrected chi connectivity index (χ2v) is 8.40. The lowest BCUT2D eigenvalue weighted by molar-refractivity contribution is -0.115. The Morgan fingerprint density at radius 1 is 1.26 bits per heavy atom. The van der Waals surface area contributed by atoms with Gasteiger partial charge in [0.05, 0.1) is 16.0 Å². The largest absolute Gasteiger partial charge is 0.490 e. The summed E-state index contributed by atoms with van der Waals surface area (Å²) in [5.74, 6) is 1.08. The van der Waals surface area contributed by atoms with E-state index in [1.807, 2.05) is 37.3 Å². The third-order valence-electron chi connectivity index (χ3n) is 3.90. The molecule has 0 saturated carbocycles. The molecule has 1 aliphatic rings. The van der Waals surface area contributed by atoms with Crippen LogP contribution in [0.5, 0.6) is 11.5 Å². The van der Waals surface area contributed by atoms with E-state index in [1.54, 1.807) is 6.08 Å². The highest BCUT2D eigenvalue weighted by Crippen LogP contribution is 2.39. The van der Waals surface area contributed by atoms with E-state index >= 15 is 0 Å². The molecule has 27 heavy (non-hydrogen) atoms. The SMILES string of the molecule is CCOc1cc(C=C2SC(=S)NC2=O)cc(Br)c1OCc1ccccc1C. The number of hydrogen-bond donors (Lipinski definition) is 1. The number of carbonyl (C=O) groups is 1. The summed E-state index contributed by atoms with van der Waals surface area (Å²) >= 11 is 9.85. The fraction of sp³-hybridized carbons (Fsp3) is 0.200. The maximum atomic E-state index is 11.9. The van der Waals surface area contributed by atoms with Gasteiger partial charge in [0.15, 0.2) is 11.5 Å². The lowest BCUT2D eigenvalue weighted by atomic mass is 10.1. The topological polar surface area (TPSA) is 47.6 Å². The molecule has 1 heterocycles. The van der Waals surface area contributed by atoms with Crippen LogP contribution >= 0.6 is 39.9 Å². The first-order valence-corrected chi connectivity index (χ1v) is 10.4. The molecule has 1 fully saturated rings. The van der Waals surface area contributed by atoms with Crippen molar-refractivity contribution >= 4 is 56.2 Å². The van der Waals surface area contributed by atoms with Gasteiger partial charge in [-0.3, -0.25) is 4.79 Å². The third kappa shape index (κ3) is 4.91.